The molecule has 0 N–H and O–H groups in total. The van der Waals surface area contributed by atoms with E-state index >= 15 is 0 Å². The van der Waals surface area contributed by atoms with Crippen LogP contribution in [-0.4, -0.2) is 13.2 Å². The summed E-state index contributed by atoms with van der Waals surface area (Å²) in [7, 11) is 0. The van der Waals surface area contributed by atoms with E-state index in [1.807, 2.05) is 0 Å². The highest BCUT2D eigenvalue weighted by Gasteiger charge is 2.13. The van der Waals surface area contributed by atoms with Crippen LogP contribution in [0.3, 0.4) is 0 Å². The molecule has 0 aromatic carbocycles. The zero-order valence-electron chi connectivity index (χ0n) is 11.6. The maximum Gasteiger partial charge on any atom is 0.0468 e. The molecule has 0 amide bonds. The van der Waals surface area contributed by atoms with Crippen molar-refractivity contribution in [2.24, 2.45) is 11.3 Å². The Balaban J connectivity index is 1.87. The van der Waals surface area contributed by atoms with E-state index < -0.39 is 0 Å². The summed E-state index contributed by atoms with van der Waals surface area (Å²) in [6.45, 7) is 9.04. The first-order valence-electron chi connectivity index (χ1n) is 7.16. The molecule has 1 fully saturated rings. The van der Waals surface area contributed by atoms with Gasteiger partial charge in [-0.2, -0.15) is 0 Å². The molecule has 0 unspecified atom stereocenters. The van der Waals surface area contributed by atoms with Gasteiger partial charge in [0.25, 0.3) is 0 Å². The van der Waals surface area contributed by atoms with E-state index in [0.29, 0.717) is 5.41 Å². The Kier molecular flexibility index (Phi) is 6.41. The molecular formula is C15H30O. The van der Waals surface area contributed by atoms with Crippen LogP contribution in [0.4, 0.5) is 0 Å². The van der Waals surface area contributed by atoms with E-state index in [-0.39, 0.29) is 0 Å². The van der Waals surface area contributed by atoms with Gasteiger partial charge in [-0.05, 0) is 30.6 Å². The smallest absolute Gasteiger partial charge is 0.0468 e. The van der Waals surface area contributed by atoms with Gasteiger partial charge < -0.3 is 4.74 Å². The molecule has 1 rings (SSSR count). The first-order valence-corrected chi connectivity index (χ1v) is 7.16. The lowest BCUT2D eigenvalue weighted by atomic mass is 9.88. The van der Waals surface area contributed by atoms with Gasteiger partial charge in [0.2, 0.25) is 0 Å². The minimum Gasteiger partial charge on any atom is -0.381 e. The molecule has 0 spiro atoms. The quantitative estimate of drug-likeness (QED) is 0.591. The number of rotatable bonds is 6. The molecule has 1 heterocycles. The molecule has 96 valence electrons. The van der Waals surface area contributed by atoms with Gasteiger partial charge in [-0.1, -0.05) is 52.9 Å². The van der Waals surface area contributed by atoms with Gasteiger partial charge in [-0.3, -0.25) is 0 Å². The normalized spacial score (nSPS) is 18.9. The van der Waals surface area contributed by atoms with Crippen molar-refractivity contribution < 1.29 is 4.74 Å². The summed E-state index contributed by atoms with van der Waals surface area (Å²) >= 11 is 0. The first-order chi connectivity index (χ1) is 7.58. The van der Waals surface area contributed by atoms with Crippen LogP contribution in [0.1, 0.15) is 72.1 Å². The first kappa shape index (κ1) is 14.0. The van der Waals surface area contributed by atoms with Crippen LogP contribution in [0.2, 0.25) is 0 Å². The van der Waals surface area contributed by atoms with Crippen LogP contribution >= 0.6 is 0 Å². The Labute approximate surface area is 102 Å². The Morgan fingerprint density at radius 2 is 1.56 bits per heavy atom. The molecule has 1 saturated heterocycles. The van der Waals surface area contributed by atoms with Crippen molar-refractivity contribution in [1.82, 2.24) is 0 Å². The summed E-state index contributed by atoms with van der Waals surface area (Å²) in [4.78, 5) is 0. The summed E-state index contributed by atoms with van der Waals surface area (Å²) in [5.41, 5.74) is 0.528. The number of hydrogen-bond acceptors (Lipinski definition) is 1. The largest absolute Gasteiger partial charge is 0.381 e. The summed E-state index contributed by atoms with van der Waals surface area (Å²) in [6.07, 6.45) is 11.2. The van der Waals surface area contributed by atoms with Crippen LogP contribution in [0.25, 0.3) is 0 Å². The maximum absolute atomic E-state index is 5.38. The minimum atomic E-state index is 0.528. The van der Waals surface area contributed by atoms with Crippen molar-refractivity contribution in [2.75, 3.05) is 13.2 Å². The second-order valence-corrected chi connectivity index (χ2v) is 6.57. The van der Waals surface area contributed by atoms with Crippen molar-refractivity contribution in [2.45, 2.75) is 72.1 Å². The van der Waals surface area contributed by atoms with Gasteiger partial charge in [0, 0.05) is 13.2 Å². The molecule has 0 aromatic heterocycles. The fourth-order valence-corrected chi connectivity index (χ4v) is 2.48. The monoisotopic (exact) mass is 226 g/mol. The Bertz CT molecular complexity index is 163. The molecule has 1 aliphatic rings. The highest BCUT2D eigenvalue weighted by molar-refractivity contribution is 4.64. The molecule has 0 saturated carbocycles. The Hall–Kier alpha value is -0.0400. The number of ether oxygens (including phenoxy) is 1. The molecular weight excluding hydrogens is 196 g/mol. The average molecular weight is 226 g/mol. The van der Waals surface area contributed by atoms with E-state index in [2.05, 4.69) is 20.8 Å². The SMILES string of the molecule is CC(C)(C)CCCCCCC1CCOCC1. The van der Waals surface area contributed by atoms with Crippen LogP contribution in [0.5, 0.6) is 0 Å². The molecule has 0 atom stereocenters. The number of hydrogen-bond donors (Lipinski definition) is 0. The third kappa shape index (κ3) is 7.27. The van der Waals surface area contributed by atoms with Gasteiger partial charge in [0.15, 0.2) is 0 Å². The zero-order valence-corrected chi connectivity index (χ0v) is 11.6. The van der Waals surface area contributed by atoms with Crippen molar-refractivity contribution in [3.05, 3.63) is 0 Å². The summed E-state index contributed by atoms with van der Waals surface area (Å²) in [5, 5.41) is 0. The highest BCUT2D eigenvalue weighted by atomic mass is 16.5. The van der Waals surface area contributed by atoms with E-state index in [1.54, 1.807) is 0 Å². The van der Waals surface area contributed by atoms with Crippen molar-refractivity contribution in [3.8, 4) is 0 Å². The Morgan fingerprint density at radius 3 is 2.19 bits per heavy atom. The molecule has 1 aliphatic heterocycles. The summed E-state index contributed by atoms with van der Waals surface area (Å²) in [5.74, 6) is 0.969. The summed E-state index contributed by atoms with van der Waals surface area (Å²) in [6, 6.07) is 0. The van der Waals surface area contributed by atoms with Crippen molar-refractivity contribution >= 4 is 0 Å². The molecule has 0 radical (unpaired) electrons. The van der Waals surface area contributed by atoms with Crippen LogP contribution in [0.15, 0.2) is 0 Å². The molecule has 0 bridgehead atoms. The number of unbranched alkanes of at least 4 members (excludes halogenated alkanes) is 3. The predicted molar refractivity (Wildman–Crippen MR) is 70.7 cm³/mol. The topological polar surface area (TPSA) is 9.23 Å². The third-order valence-electron chi connectivity index (χ3n) is 3.63. The lowest BCUT2D eigenvalue weighted by Crippen LogP contribution is -2.15. The van der Waals surface area contributed by atoms with Gasteiger partial charge in [0.1, 0.15) is 0 Å². The van der Waals surface area contributed by atoms with Crippen LogP contribution in [-0.2, 0) is 4.74 Å². The zero-order chi connectivity index (χ0) is 11.9. The molecule has 1 nitrogen and oxygen atoms in total. The standard InChI is InChI=1S/C15H30O/c1-15(2,3)11-7-5-4-6-8-14-9-12-16-13-10-14/h14H,4-13H2,1-3H3. The van der Waals surface area contributed by atoms with E-state index in [0.717, 1.165) is 19.1 Å². The van der Waals surface area contributed by atoms with E-state index in [1.165, 1.54) is 51.4 Å². The lowest BCUT2D eigenvalue weighted by Gasteiger charge is -2.22. The van der Waals surface area contributed by atoms with Crippen molar-refractivity contribution in [1.29, 1.82) is 0 Å². The van der Waals surface area contributed by atoms with Gasteiger partial charge in [-0.25, -0.2) is 0 Å². The lowest BCUT2D eigenvalue weighted by molar-refractivity contribution is 0.0631. The third-order valence-corrected chi connectivity index (χ3v) is 3.63. The highest BCUT2D eigenvalue weighted by Crippen LogP contribution is 2.24. The van der Waals surface area contributed by atoms with Crippen molar-refractivity contribution in [3.63, 3.8) is 0 Å². The van der Waals surface area contributed by atoms with Gasteiger partial charge >= 0.3 is 0 Å². The fourth-order valence-electron chi connectivity index (χ4n) is 2.48. The molecule has 1 heteroatoms. The van der Waals surface area contributed by atoms with E-state index in [4.69, 9.17) is 4.74 Å². The Morgan fingerprint density at radius 1 is 0.938 bits per heavy atom. The predicted octanol–water partition coefficient (Wildman–Crippen LogP) is 4.80. The second kappa shape index (κ2) is 7.32. The van der Waals surface area contributed by atoms with Crippen LogP contribution in [0, 0.1) is 11.3 Å². The van der Waals surface area contributed by atoms with Crippen LogP contribution < -0.4 is 0 Å². The fraction of sp³-hybridized carbons (Fsp3) is 1.00. The van der Waals surface area contributed by atoms with E-state index in [9.17, 15) is 0 Å². The maximum atomic E-state index is 5.38. The average Bonchev–Trinajstić information content (AvgIpc) is 2.23. The second-order valence-electron chi connectivity index (χ2n) is 6.57. The molecule has 16 heavy (non-hydrogen) atoms. The van der Waals surface area contributed by atoms with Gasteiger partial charge in [-0.15, -0.1) is 0 Å². The van der Waals surface area contributed by atoms with Gasteiger partial charge in [0.05, 0.1) is 0 Å². The molecule has 0 aliphatic carbocycles. The summed E-state index contributed by atoms with van der Waals surface area (Å²) < 4.78 is 5.38. The molecule has 0 aromatic rings. The minimum absolute atomic E-state index is 0.528.